The van der Waals surface area contributed by atoms with Crippen LogP contribution < -0.4 is 10.9 Å². The third kappa shape index (κ3) is 2.59. The predicted octanol–water partition coefficient (Wildman–Crippen LogP) is -2.43. The highest BCUT2D eigenvalue weighted by Crippen LogP contribution is 2.42. The molecular weight excluding hydrogens is 335 g/mol. The van der Waals surface area contributed by atoms with Crippen molar-refractivity contribution in [2.75, 3.05) is 19.2 Å². The Morgan fingerprint density at radius 3 is 2.72 bits per heavy atom. The summed E-state index contributed by atoms with van der Waals surface area (Å²) in [6.45, 7) is 1.18. The summed E-state index contributed by atoms with van der Waals surface area (Å²) in [6.07, 6.45) is -0.429. The first-order valence-corrected chi connectivity index (χ1v) is 7.50. The van der Waals surface area contributed by atoms with Crippen molar-refractivity contribution >= 4 is 29.4 Å². The van der Waals surface area contributed by atoms with Crippen LogP contribution in [-0.2, 0) is 9.47 Å². The summed E-state index contributed by atoms with van der Waals surface area (Å²) >= 11 is 0. The van der Waals surface area contributed by atoms with Gasteiger partial charge in [-0.1, -0.05) is 0 Å². The highest BCUT2D eigenvalue weighted by Gasteiger charge is 2.55. The molecular formula is C13H19BN4O7. The van der Waals surface area contributed by atoms with Crippen molar-refractivity contribution in [3.8, 4) is 0 Å². The van der Waals surface area contributed by atoms with Gasteiger partial charge in [-0.05, 0) is 6.92 Å². The molecule has 0 amide bonds. The second-order valence-electron chi connectivity index (χ2n) is 5.94. The average Bonchev–Trinajstić information content (AvgIpc) is 3.12. The fraction of sp³-hybridized carbons (Fsp3) is 0.538. The molecule has 0 bridgehead atoms. The summed E-state index contributed by atoms with van der Waals surface area (Å²) in [4.78, 5) is 7.95. The van der Waals surface area contributed by atoms with Crippen LogP contribution in [0.1, 0.15) is 13.2 Å². The van der Waals surface area contributed by atoms with Crippen LogP contribution in [0.15, 0.2) is 12.5 Å². The van der Waals surface area contributed by atoms with Crippen molar-refractivity contribution in [3.05, 3.63) is 12.5 Å². The molecule has 0 aromatic carbocycles. The lowest BCUT2D eigenvalue weighted by Gasteiger charge is -2.31. The molecule has 1 aliphatic rings. The van der Waals surface area contributed by atoms with Crippen molar-refractivity contribution in [2.24, 2.45) is 0 Å². The maximum atomic E-state index is 10.4. The second kappa shape index (κ2) is 6.50. The lowest BCUT2D eigenvalue weighted by molar-refractivity contribution is -0.118. The monoisotopic (exact) mass is 354 g/mol. The van der Waals surface area contributed by atoms with E-state index in [1.54, 1.807) is 6.92 Å². The third-order valence-corrected chi connectivity index (χ3v) is 4.63. The Bertz CT molecular complexity index is 772. The predicted molar refractivity (Wildman–Crippen MR) is 85.2 cm³/mol. The Morgan fingerprint density at radius 1 is 1.44 bits per heavy atom. The SMILES string of the molecule is CO[C@]1(C)C(O)C(CO)O[C@H]1n1cc(B(O)O)c2c(NO)ncnc21. The smallest absolute Gasteiger partial charge is 0.423 e. The van der Waals surface area contributed by atoms with Gasteiger partial charge in [-0.3, -0.25) is 10.7 Å². The van der Waals surface area contributed by atoms with Crippen molar-refractivity contribution in [1.29, 1.82) is 0 Å². The van der Waals surface area contributed by atoms with E-state index in [2.05, 4.69) is 9.97 Å². The number of fused-ring (bicyclic) bond motifs is 1. The summed E-state index contributed by atoms with van der Waals surface area (Å²) in [5, 5.41) is 48.6. The Hall–Kier alpha value is -1.80. The summed E-state index contributed by atoms with van der Waals surface area (Å²) in [5.41, 5.74) is 0.884. The van der Waals surface area contributed by atoms with Gasteiger partial charge in [0.1, 0.15) is 29.8 Å². The number of anilines is 1. The van der Waals surface area contributed by atoms with Gasteiger partial charge in [0.25, 0.3) is 0 Å². The summed E-state index contributed by atoms with van der Waals surface area (Å²) in [6, 6.07) is 0. The Kier molecular flexibility index (Phi) is 4.68. The van der Waals surface area contributed by atoms with Gasteiger partial charge in [0.2, 0.25) is 0 Å². The summed E-state index contributed by atoms with van der Waals surface area (Å²) in [7, 11) is -0.474. The molecule has 1 aliphatic heterocycles. The lowest BCUT2D eigenvalue weighted by atomic mass is 9.80. The van der Waals surface area contributed by atoms with Crippen LogP contribution in [0, 0.1) is 0 Å². The third-order valence-electron chi connectivity index (χ3n) is 4.63. The second-order valence-corrected chi connectivity index (χ2v) is 5.94. The van der Waals surface area contributed by atoms with Crippen molar-refractivity contribution in [2.45, 2.75) is 31.0 Å². The van der Waals surface area contributed by atoms with E-state index in [1.165, 1.54) is 24.2 Å². The minimum Gasteiger partial charge on any atom is -0.423 e. The van der Waals surface area contributed by atoms with E-state index in [9.17, 15) is 25.5 Å². The lowest BCUT2D eigenvalue weighted by Crippen LogP contribution is -2.46. The van der Waals surface area contributed by atoms with Gasteiger partial charge in [-0.2, -0.15) is 0 Å². The van der Waals surface area contributed by atoms with E-state index in [0.717, 1.165) is 0 Å². The number of nitrogens with zero attached hydrogens (tertiary/aromatic N) is 3. The Morgan fingerprint density at radius 2 is 2.16 bits per heavy atom. The molecule has 2 unspecified atom stereocenters. The number of aliphatic hydroxyl groups excluding tert-OH is 2. The van der Waals surface area contributed by atoms with Crippen LogP contribution >= 0.6 is 0 Å². The molecule has 0 saturated carbocycles. The zero-order valence-corrected chi connectivity index (χ0v) is 13.6. The normalized spacial score (nSPS) is 29.3. The maximum Gasteiger partial charge on any atom is 0.490 e. The van der Waals surface area contributed by atoms with Gasteiger partial charge in [0.15, 0.2) is 12.0 Å². The zero-order chi connectivity index (χ0) is 18.4. The van der Waals surface area contributed by atoms with Crippen LogP contribution in [-0.4, -0.2) is 78.6 Å². The van der Waals surface area contributed by atoms with E-state index < -0.39 is 37.8 Å². The summed E-state index contributed by atoms with van der Waals surface area (Å²) < 4.78 is 12.6. The highest BCUT2D eigenvalue weighted by atomic mass is 16.6. The molecule has 1 fully saturated rings. The van der Waals surface area contributed by atoms with Crippen LogP contribution in [0.5, 0.6) is 0 Å². The van der Waals surface area contributed by atoms with Gasteiger partial charge in [-0.15, -0.1) is 0 Å². The number of aromatic nitrogens is 3. The molecule has 4 atom stereocenters. The minimum atomic E-state index is -1.87. The van der Waals surface area contributed by atoms with Crippen LogP contribution in [0.2, 0.25) is 0 Å². The molecule has 25 heavy (non-hydrogen) atoms. The topological polar surface area (TPSA) is 162 Å². The molecule has 0 aliphatic carbocycles. The number of nitrogens with one attached hydrogen (secondary N) is 1. The number of ether oxygens (including phenoxy) is 2. The molecule has 11 nitrogen and oxygen atoms in total. The molecule has 3 rings (SSSR count). The van der Waals surface area contributed by atoms with Gasteiger partial charge in [0.05, 0.1) is 12.0 Å². The molecule has 1 saturated heterocycles. The number of methoxy groups -OCH3 is 1. The van der Waals surface area contributed by atoms with Crippen LogP contribution in [0.25, 0.3) is 11.0 Å². The maximum absolute atomic E-state index is 10.4. The number of rotatable bonds is 5. The molecule has 12 heteroatoms. The average molecular weight is 354 g/mol. The zero-order valence-electron chi connectivity index (χ0n) is 13.6. The van der Waals surface area contributed by atoms with E-state index in [4.69, 9.17) is 9.47 Å². The molecule has 0 radical (unpaired) electrons. The Balaban J connectivity index is 2.22. The van der Waals surface area contributed by atoms with Crippen molar-refractivity contribution in [1.82, 2.24) is 14.5 Å². The molecule has 2 aromatic rings. The molecule has 6 N–H and O–H groups in total. The van der Waals surface area contributed by atoms with E-state index in [0.29, 0.717) is 0 Å². The molecule has 3 heterocycles. The van der Waals surface area contributed by atoms with Crippen LogP contribution in [0.3, 0.4) is 0 Å². The first-order valence-electron chi connectivity index (χ1n) is 7.50. The van der Waals surface area contributed by atoms with Gasteiger partial charge >= 0.3 is 7.12 Å². The van der Waals surface area contributed by atoms with Gasteiger partial charge in [-0.25, -0.2) is 9.97 Å². The minimum absolute atomic E-state index is 0.0242. The highest BCUT2D eigenvalue weighted by molar-refractivity contribution is 6.62. The summed E-state index contributed by atoms with van der Waals surface area (Å²) in [5.74, 6) is -0.0248. The molecule has 136 valence electrons. The molecule has 2 aromatic heterocycles. The van der Waals surface area contributed by atoms with Gasteiger partial charge < -0.3 is 34.3 Å². The van der Waals surface area contributed by atoms with E-state index in [-0.39, 0.29) is 22.3 Å². The number of hydrogen-bond acceptors (Lipinski definition) is 10. The van der Waals surface area contributed by atoms with Crippen molar-refractivity contribution in [3.63, 3.8) is 0 Å². The van der Waals surface area contributed by atoms with Crippen molar-refractivity contribution < 1.29 is 34.9 Å². The Labute approximate surface area is 142 Å². The van der Waals surface area contributed by atoms with Crippen LogP contribution in [0.4, 0.5) is 5.82 Å². The van der Waals surface area contributed by atoms with Gasteiger partial charge in [0, 0.05) is 18.8 Å². The number of hydrogen-bond donors (Lipinski definition) is 6. The quantitative estimate of drug-likeness (QED) is 0.251. The first-order chi connectivity index (χ1) is 11.9. The number of aliphatic hydroxyl groups is 2. The fourth-order valence-corrected chi connectivity index (χ4v) is 3.17. The fourth-order valence-electron chi connectivity index (χ4n) is 3.17. The first kappa shape index (κ1) is 18.0. The van der Waals surface area contributed by atoms with E-state index in [1.807, 2.05) is 5.48 Å². The van der Waals surface area contributed by atoms with E-state index >= 15 is 0 Å². The molecule has 0 spiro atoms. The standard InChI is InChI=1S/C13H19BN4O7/c1-13(24-2)9(20)7(4-19)25-12(13)18-3-6(14(21)22)8-10(17-23)15-5-16-11(8)18/h3,5,7,9,12,19-23H,4H2,1-2H3,(H,15,16,17)/t7?,9?,12-,13-/m1/s1. The largest absolute Gasteiger partial charge is 0.490 e.